The van der Waals surface area contributed by atoms with Gasteiger partial charge in [0.15, 0.2) is 17.3 Å². The van der Waals surface area contributed by atoms with Crippen LogP contribution >= 0.6 is 0 Å². The molecule has 2 aromatic heterocycles. The molecule has 3 heterocycles. The van der Waals surface area contributed by atoms with Crippen molar-refractivity contribution in [2.45, 2.75) is 45.8 Å². The lowest BCUT2D eigenvalue weighted by molar-refractivity contribution is 0.143. The number of aryl methyl sites for hydroxylation is 1. The van der Waals surface area contributed by atoms with Crippen molar-refractivity contribution in [1.82, 2.24) is 25.2 Å². The van der Waals surface area contributed by atoms with Crippen molar-refractivity contribution in [2.24, 2.45) is 5.92 Å². The Hall–Kier alpha value is -3.09. The van der Waals surface area contributed by atoms with E-state index in [1.165, 1.54) is 0 Å². The number of piperidine rings is 1. The largest absolute Gasteiger partial charge is 0.491 e. The van der Waals surface area contributed by atoms with Gasteiger partial charge < -0.3 is 25.5 Å². The fourth-order valence-corrected chi connectivity index (χ4v) is 3.76. The zero-order valence-electron chi connectivity index (χ0n) is 18.1. The predicted octanol–water partition coefficient (Wildman–Crippen LogP) is 2.19. The number of rotatable bonds is 5. The molecule has 0 unspecified atom stereocenters. The Bertz CT molecular complexity index is 1130. The number of nitrogens with one attached hydrogen (secondary N) is 1. The number of nitrogen functional groups attached to an aromatic ring is 1. The lowest BCUT2D eigenvalue weighted by atomic mass is 10.0. The third-order valence-corrected chi connectivity index (χ3v) is 5.28. The molecular weight excluding hydrogens is 396 g/mol. The molecule has 9 heteroatoms. The molecule has 0 radical (unpaired) electrons. The third kappa shape index (κ3) is 4.50. The van der Waals surface area contributed by atoms with E-state index in [1.54, 1.807) is 13.8 Å². The minimum Gasteiger partial charge on any atom is -0.491 e. The number of nitrogens with two attached hydrogens (primary N) is 1. The van der Waals surface area contributed by atoms with Crippen LogP contribution in [0.25, 0.3) is 22.6 Å². The molecule has 164 valence electrons. The summed E-state index contributed by atoms with van der Waals surface area (Å²) in [6, 6.07) is 3.78. The number of nitrogens with zero attached hydrogens (tertiary/aromatic N) is 4. The van der Waals surface area contributed by atoms with Crippen LogP contribution in [0.15, 0.2) is 16.8 Å². The van der Waals surface area contributed by atoms with Crippen LogP contribution < -0.4 is 15.8 Å². The van der Waals surface area contributed by atoms with E-state index < -0.39 is 5.60 Å². The molecule has 0 amide bonds. The highest BCUT2D eigenvalue weighted by molar-refractivity contribution is 5.91. The molecule has 0 aliphatic carbocycles. The number of fused-ring (bicyclic) bond motifs is 1. The first-order valence-corrected chi connectivity index (χ1v) is 10.6. The molecular formula is C22H28N6O3. The van der Waals surface area contributed by atoms with Gasteiger partial charge in [-0.05, 0) is 62.6 Å². The Kier molecular flexibility index (Phi) is 5.85. The van der Waals surface area contributed by atoms with Crippen molar-refractivity contribution in [3.05, 3.63) is 17.7 Å². The van der Waals surface area contributed by atoms with Gasteiger partial charge in [0.1, 0.15) is 22.4 Å². The van der Waals surface area contributed by atoms with Gasteiger partial charge in [0.05, 0.1) is 12.2 Å². The van der Waals surface area contributed by atoms with Gasteiger partial charge in [-0.1, -0.05) is 11.8 Å². The lowest BCUT2D eigenvalue weighted by Crippen LogP contribution is -2.33. The summed E-state index contributed by atoms with van der Waals surface area (Å²) in [6.07, 6.45) is 2.30. The van der Waals surface area contributed by atoms with Crippen LogP contribution in [0.3, 0.4) is 0 Å². The van der Waals surface area contributed by atoms with E-state index in [0.29, 0.717) is 41.7 Å². The fraction of sp³-hybridized carbons (Fsp3) is 0.500. The molecule has 0 spiro atoms. The van der Waals surface area contributed by atoms with Crippen molar-refractivity contribution in [2.75, 3.05) is 25.4 Å². The molecule has 1 fully saturated rings. The summed E-state index contributed by atoms with van der Waals surface area (Å²) in [7, 11) is 0. The number of hydrogen-bond donors (Lipinski definition) is 3. The Morgan fingerprint density at radius 3 is 2.87 bits per heavy atom. The number of aliphatic hydroxyl groups is 1. The van der Waals surface area contributed by atoms with Gasteiger partial charge in [-0.15, -0.1) is 0 Å². The Balaban J connectivity index is 1.83. The van der Waals surface area contributed by atoms with Crippen molar-refractivity contribution in [3.63, 3.8) is 0 Å². The van der Waals surface area contributed by atoms with Gasteiger partial charge in [0, 0.05) is 19.0 Å². The highest BCUT2D eigenvalue weighted by Gasteiger charge is 2.23. The van der Waals surface area contributed by atoms with E-state index in [1.807, 2.05) is 23.6 Å². The van der Waals surface area contributed by atoms with Crippen molar-refractivity contribution in [1.29, 1.82) is 0 Å². The quantitative estimate of drug-likeness (QED) is 0.533. The maximum Gasteiger partial charge on any atom is 0.199 e. The minimum atomic E-state index is -1.12. The van der Waals surface area contributed by atoms with Crippen LogP contribution in [-0.2, 0) is 6.54 Å². The molecule has 0 saturated carbocycles. The normalized spacial score (nSPS) is 16.8. The summed E-state index contributed by atoms with van der Waals surface area (Å²) in [5.41, 5.74) is 7.36. The molecule has 4 N–H and O–H groups in total. The first-order chi connectivity index (χ1) is 14.9. The third-order valence-electron chi connectivity index (χ3n) is 5.28. The van der Waals surface area contributed by atoms with E-state index >= 15 is 0 Å². The molecule has 1 aliphatic rings. The van der Waals surface area contributed by atoms with Gasteiger partial charge in [0.25, 0.3) is 0 Å². The molecule has 9 nitrogen and oxygen atoms in total. The van der Waals surface area contributed by atoms with Crippen LogP contribution in [0.4, 0.5) is 5.82 Å². The number of hydrogen-bond acceptors (Lipinski definition) is 8. The monoisotopic (exact) mass is 424 g/mol. The second kappa shape index (κ2) is 8.57. The van der Waals surface area contributed by atoms with Gasteiger partial charge in [-0.3, -0.25) is 0 Å². The molecule has 1 atom stereocenters. The topological polar surface area (TPSA) is 124 Å². The molecule has 4 rings (SSSR count). The van der Waals surface area contributed by atoms with Crippen LogP contribution in [0.5, 0.6) is 5.75 Å². The second-order valence-electron chi connectivity index (χ2n) is 8.32. The van der Waals surface area contributed by atoms with Gasteiger partial charge in [-0.25, -0.2) is 9.61 Å². The van der Waals surface area contributed by atoms with E-state index in [0.717, 1.165) is 37.2 Å². The summed E-state index contributed by atoms with van der Waals surface area (Å²) >= 11 is 0. The molecule has 3 aromatic rings. The molecule has 1 aromatic carbocycles. The zero-order valence-corrected chi connectivity index (χ0v) is 18.1. The van der Waals surface area contributed by atoms with E-state index in [4.69, 9.17) is 20.1 Å². The number of anilines is 1. The van der Waals surface area contributed by atoms with Gasteiger partial charge >= 0.3 is 0 Å². The Morgan fingerprint density at radius 1 is 1.39 bits per heavy atom. The zero-order chi connectivity index (χ0) is 22.0. The highest BCUT2D eigenvalue weighted by atomic mass is 16.6. The maximum atomic E-state index is 10.0. The Labute approximate surface area is 180 Å². The summed E-state index contributed by atoms with van der Waals surface area (Å²) in [5, 5.41) is 21.1. The summed E-state index contributed by atoms with van der Waals surface area (Å²) in [4.78, 5) is 4.79. The lowest BCUT2D eigenvalue weighted by Gasteiger charge is -2.23. The molecule has 31 heavy (non-hydrogen) atoms. The van der Waals surface area contributed by atoms with Crippen LogP contribution in [0.1, 0.15) is 39.2 Å². The second-order valence-corrected chi connectivity index (χ2v) is 8.32. The Morgan fingerprint density at radius 2 is 2.23 bits per heavy atom. The van der Waals surface area contributed by atoms with Crippen molar-refractivity contribution >= 4 is 16.9 Å². The SMILES string of the molecule is CCn1c(-c2nonc2N)nc2c(C#CC(C)(C)O)ccc(OC[C@H]3CCCNC3)c21. The van der Waals surface area contributed by atoms with E-state index in [9.17, 15) is 5.11 Å². The summed E-state index contributed by atoms with van der Waals surface area (Å²) in [6.45, 7) is 8.55. The summed E-state index contributed by atoms with van der Waals surface area (Å²) in [5.74, 6) is 7.82. The average Bonchev–Trinajstić information content (AvgIpc) is 3.34. The number of imidazole rings is 1. The average molecular weight is 425 g/mol. The predicted molar refractivity (Wildman–Crippen MR) is 117 cm³/mol. The van der Waals surface area contributed by atoms with E-state index in [-0.39, 0.29) is 5.82 Å². The first-order valence-electron chi connectivity index (χ1n) is 10.6. The fourth-order valence-electron chi connectivity index (χ4n) is 3.76. The molecule has 1 saturated heterocycles. The van der Waals surface area contributed by atoms with Crippen molar-refractivity contribution in [3.8, 4) is 29.1 Å². The highest BCUT2D eigenvalue weighted by Crippen LogP contribution is 2.34. The van der Waals surface area contributed by atoms with Crippen LogP contribution in [0, 0.1) is 17.8 Å². The standard InChI is InChI=1S/C22H28N6O3/c1-4-28-19-16(30-13-14-6-5-11-24-12-14)8-7-15(9-10-22(2,3)29)17(19)25-21(28)18-20(23)27-31-26-18/h7-8,14,24,29H,4-6,11-13H2,1-3H3,(H2,23,27)/t14-/m0/s1. The van der Waals surface area contributed by atoms with Crippen molar-refractivity contribution < 1.29 is 14.5 Å². The number of ether oxygens (including phenoxy) is 1. The first kappa shape index (κ1) is 21.2. The summed E-state index contributed by atoms with van der Waals surface area (Å²) < 4.78 is 13.1. The van der Waals surface area contributed by atoms with E-state index in [2.05, 4.69) is 27.5 Å². The van der Waals surface area contributed by atoms with Gasteiger partial charge in [0.2, 0.25) is 0 Å². The van der Waals surface area contributed by atoms with Crippen LogP contribution in [0.2, 0.25) is 0 Å². The smallest absolute Gasteiger partial charge is 0.199 e. The number of benzene rings is 1. The van der Waals surface area contributed by atoms with Gasteiger partial charge in [-0.2, -0.15) is 0 Å². The molecule has 1 aliphatic heterocycles. The molecule has 0 bridgehead atoms. The maximum absolute atomic E-state index is 10.0. The number of aromatic nitrogens is 4. The minimum absolute atomic E-state index is 0.171. The van der Waals surface area contributed by atoms with Crippen LogP contribution in [-0.4, -0.2) is 50.3 Å².